The fraction of sp³-hybridized carbons (Fsp3) is 0.214. The van der Waals surface area contributed by atoms with Gasteiger partial charge in [-0.2, -0.15) is 13.2 Å². The Labute approximate surface area is 108 Å². The third kappa shape index (κ3) is 3.05. The van der Waals surface area contributed by atoms with E-state index in [-0.39, 0.29) is 6.54 Å². The number of pyridine rings is 1. The maximum Gasteiger partial charge on any atom is 0.421 e. The van der Waals surface area contributed by atoms with Gasteiger partial charge in [0.1, 0.15) is 5.56 Å². The van der Waals surface area contributed by atoms with Gasteiger partial charge >= 0.3 is 6.18 Å². The molecule has 0 aliphatic heterocycles. The first-order chi connectivity index (χ1) is 8.88. The molecular formula is C14H12F3NO. The number of aryl methyl sites for hydroxylation is 1. The quantitative estimate of drug-likeness (QED) is 0.818. The number of benzene rings is 1. The molecule has 0 amide bonds. The van der Waals surface area contributed by atoms with Crippen molar-refractivity contribution in [1.82, 2.24) is 4.57 Å². The number of aromatic nitrogens is 1. The molecule has 2 rings (SSSR count). The maximum absolute atomic E-state index is 12.6. The summed E-state index contributed by atoms with van der Waals surface area (Å²) < 4.78 is 38.9. The summed E-state index contributed by atoms with van der Waals surface area (Å²) in [6, 6.07) is 9.35. The van der Waals surface area contributed by atoms with Crippen LogP contribution in [0.2, 0.25) is 0 Å². The lowest BCUT2D eigenvalue weighted by Gasteiger charge is -2.10. The lowest BCUT2D eigenvalue weighted by atomic mass is 10.1. The van der Waals surface area contributed by atoms with Gasteiger partial charge in [0.05, 0.1) is 6.54 Å². The lowest BCUT2D eigenvalue weighted by Crippen LogP contribution is -2.28. The first-order valence-electron chi connectivity index (χ1n) is 5.70. The van der Waals surface area contributed by atoms with Gasteiger partial charge in [-0.25, -0.2) is 0 Å². The van der Waals surface area contributed by atoms with Crippen molar-refractivity contribution in [3.8, 4) is 0 Å². The molecule has 0 saturated carbocycles. The average molecular weight is 267 g/mol. The largest absolute Gasteiger partial charge is 0.421 e. The predicted molar refractivity (Wildman–Crippen MR) is 66.0 cm³/mol. The lowest BCUT2D eigenvalue weighted by molar-refractivity contribution is -0.138. The average Bonchev–Trinajstić information content (AvgIpc) is 2.30. The topological polar surface area (TPSA) is 22.0 Å². The van der Waals surface area contributed by atoms with Crippen molar-refractivity contribution >= 4 is 0 Å². The van der Waals surface area contributed by atoms with E-state index in [4.69, 9.17) is 0 Å². The molecule has 2 aromatic rings. The number of nitrogens with zero attached hydrogens (tertiary/aromatic N) is 1. The third-order valence-corrected chi connectivity index (χ3v) is 2.76. The Morgan fingerprint density at radius 3 is 2.53 bits per heavy atom. The Bertz CT molecular complexity index is 644. The van der Waals surface area contributed by atoms with E-state index in [1.54, 1.807) is 6.07 Å². The summed E-state index contributed by atoms with van der Waals surface area (Å²) in [7, 11) is 0. The second-order valence-corrected chi connectivity index (χ2v) is 4.34. The van der Waals surface area contributed by atoms with Gasteiger partial charge in [-0.3, -0.25) is 4.79 Å². The van der Waals surface area contributed by atoms with Gasteiger partial charge in [-0.05, 0) is 24.6 Å². The van der Waals surface area contributed by atoms with Gasteiger partial charge in [0.25, 0.3) is 5.56 Å². The van der Waals surface area contributed by atoms with Crippen LogP contribution in [-0.4, -0.2) is 4.57 Å². The highest BCUT2D eigenvalue weighted by Crippen LogP contribution is 2.26. The summed E-state index contributed by atoms with van der Waals surface area (Å²) in [6.07, 6.45) is -3.26. The molecule has 2 nitrogen and oxygen atoms in total. The first kappa shape index (κ1) is 13.4. The van der Waals surface area contributed by atoms with Gasteiger partial charge < -0.3 is 4.57 Å². The van der Waals surface area contributed by atoms with E-state index in [9.17, 15) is 18.0 Å². The molecule has 1 heterocycles. The second-order valence-electron chi connectivity index (χ2n) is 4.34. The number of alkyl halides is 3. The van der Waals surface area contributed by atoms with Crippen molar-refractivity contribution in [2.24, 2.45) is 0 Å². The molecule has 1 aromatic carbocycles. The zero-order chi connectivity index (χ0) is 14.0. The summed E-state index contributed by atoms with van der Waals surface area (Å²) in [6.45, 7) is 2.02. The van der Waals surface area contributed by atoms with Crippen LogP contribution in [0.15, 0.2) is 47.4 Å². The van der Waals surface area contributed by atoms with E-state index in [0.717, 1.165) is 21.8 Å². The molecule has 0 atom stereocenters. The van der Waals surface area contributed by atoms with Crippen LogP contribution in [0, 0.1) is 6.92 Å². The van der Waals surface area contributed by atoms with E-state index < -0.39 is 17.3 Å². The van der Waals surface area contributed by atoms with Crippen LogP contribution in [0.5, 0.6) is 0 Å². The molecule has 0 saturated heterocycles. The highest BCUT2D eigenvalue weighted by molar-refractivity contribution is 5.23. The minimum atomic E-state index is -4.62. The molecule has 0 radical (unpaired) electrons. The Morgan fingerprint density at radius 2 is 1.89 bits per heavy atom. The molecule has 19 heavy (non-hydrogen) atoms. The summed E-state index contributed by atoms with van der Waals surface area (Å²) in [5.41, 5.74) is -0.363. The van der Waals surface area contributed by atoms with E-state index in [1.165, 1.54) is 12.3 Å². The highest BCUT2D eigenvalue weighted by atomic mass is 19.4. The van der Waals surface area contributed by atoms with Crippen LogP contribution in [-0.2, 0) is 12.7 Å². The zero-order valence-electron chi connectivity index (χ0n) is 10.2. The van der Waals surface area contributed by atoms with Crippen molar-refractivity contribution < 1.29 is 13.2 Å². The fourth-order valence-electron chi connectivity index (χ4n) is 1.88. The maximum atomic E-state index is 12.6. The molecule has 0 fully saturated rings. The van der Waals surface area contributed by atoms with E-state index in [1.807, 2.05) is 25.1 Å². The van der Waals surface area contributed by atoms with Crippen molar-refractivity contribution in [2.45, 2.75) is 19.6 Å². The number of hydrogen-bond acceptors (Lipinski definition) is 1. The van der Waals surface area contributed by atoms with Crippen molar-refractivity contribution in [3.05, 3.63) is 69.6 Å². The van der Waals surface area contributed by atoms with E-state index >= 15 is 0 Å². The number of hydrogen-bond donors (Lipinski definition) is 0. The van der Waals surface area contributed by atoms with Crippen molar-refractivity contribution in [1.29, 1.82) is 0 Å². The Kier molecular flexibility index (Phi) is 3.46. The Morgan fingerprint density at radius 1 is 1.16 bits per heavy atom. The van der Waals surface area contributed by atoms with Crippen LogP contribution in [0.4, 0.5) is 13.2 Å². The van der Waals surface area contributed by atoms with Crippen molar-refractivity contribution in [3.63, 3.8) is 0 Å². The molecule has 0 aliphatic rings. The van der Waals surface area contributed by atoms with Gasteiger partial charge in [0.2, 0.25) is 0 Å². The highest BCUT2D eigenvalue weighted by Gasteiger charge is 2.34. The molecule has 0 unspecified atom stereocenters. The second kappa shape index (κ2) is 4.91. The number of halogens is 3. The first-order valence-corrected chi connectivity index (χ1v) is 5.70. The molecule has 0 spiro atoms. The SMILES string of the molecule is Cc1cccc(Cn2cccc(C(F)(F)F)c2=O)c1. The van der Waals surface area contributed by atoms with Crippen molar-refractivity contribution in [2.75, 3.05) is 0 Å². The molecule has 1 aromatic heterocycles. The summed E-state index contributed by atoms with van der Waals surface area (Å²) in [5, 5.41) is 0. The van der Waals surface area contributed by atoms with E-state index in [0.29, 0.717) is 0 Å². The Balaban J connectivity index is 2.40. The fourth-order valence-corrected chi connectivity index (χ4v) is 1.88. The van der Waals surface area contributed by atoms with Crippen LogP contribution in [0.3, 0.4) is 0 Å². The number of rotatable bonds is 2. The third-order valence-electron chi connectivity index (χ3n) is 2.76. The van der Waals surface area contributed by atoms with Gasteiger partial charge in [-0.15, -0.1) is 0 Å². The van der Waals surface area contributed by atoms with Gasteiger partial charge in [0, 0.05) is 6.20 Å². The van der Waals surface area contributed by atoms with Crippen LogP contribution in [0.1, 0.15) is 16.7 Å². The van der Waals surface area contributed by atoms with E-state index in [2.05, 4.69) is 0 Å². The van der Waals surface area contributed by atoms with Gasteiger partial charge in [0.15, 0.2) is 0 Å². The predicted octanol–water partition coefficient (Wildman–Crippen LogP) is 3.22. The Hall–Kier alpha value is -2.04. The van der Waals surface area contributed by atoms with Crippen LogP contribution < -0.4 is 5.56 Å². The smallest absolute Gasteiger partial charge is 0.311 e. The van der Waals surface area contributed by atoms with Crippen LogP contribution >= 0.6 is 0 Å². The molecular weight excluding hydrogens is 255 g/mol. The summed E-state index contributed by atoms with van der Waals surface area (Å²) in [4.78, 5) is 11.7. The standard InChI is InChI=1S/C14H12F3NO/c1-10-4-2-5-11(8-10)9-18-7-3-6-12(13(18)19)14(15,16)17/h2-8H,9H2,1H3. The van der Waals surface area contributed by atoms with Gasteiger partial charge in [-0.1, -0.05) is 29.8 Å². The molecule has 100 valence electrons. The minimum Gasteiger partial charge on any atom is -0.311 e. The normalized spacial score (nSPS) is 11.6. The summed E-state index contributed by atoms with van der Waals surface area (Å²) in [5.74, 6) is 0. The van der Waals surface area contributed by atoms with Crippen LogP contribution in [0.25, 0.3) is 0 Å². The molecule has 0 aliphatic carbocycles. The molecule has 0 N–H and O–H groups in total. The molecule has 0 bridgehead atoms. The monoisotopic (exact) mass is 267 g/mol. The zero-order valence-corrected chi connectivity index (χ0v) is 10.2. The molecule has 5 heteroatoms. The summed E-state index contributed by atoms with van der Waals surface area (Å²) >= 11 is 0. The minimum absolute atomic E-state index is 0.129.